The van der Waals surface area contributed by atoms with Gasteiger partial charge in [0.05, 0.1) is 0 Å². The number of nitrogens with zero attached hydrogens (tertiary/aromatic N) is 4. The van der Waals surface area contributed by atoms with E-state index >= 15 is 0 Å². The molecule has 0 aromatic heterocycles. The SMILES string of the molecule is N[C@@H]1CCCC[C@@H]1N.N[C@H]1CCCC[C@@H]1N.O=[N+]([O-])O.O=[N+]([O-])O.O=[N+]([O-])O.O=[N+]([O-])O.[Cl][Pt+2][Cl].[Cl][Pt+2][Cl].[Cl][Pt]([Cl])([Cl])[Cl].[K][K].[NH-][C@@H]1CCCC[C@@H]1[NH-].[NH-][C@@H]1CCCC[C@@H]1[NH-].[NH-][C@H]1CCCC[C@@H]1[NH-].[NH-][C@H]1CCCC[C@@H]1[NH-].[Pt+2].[Pt+2]. The van der Waals surface area contributed by atoms with E-state index < -0.39 is 65.2 Å². The van der Waals surface area contributed by atoms with E-state index in [1.165, 1.54) is 140 Å². The van der Waals surface area contributed by atoms with E-state index in [0.717, 1.165) is 77.0 Å². The Morgan fingerprint density at radius 2 is 0.418 bits per heavy atom. The minimum Gasteiger partial charge on any atom is -0.676 e. The van der Waals surface area contributed by atoms with Crippen LogP contribution in [0.3, 0.4) is 0 Å². The Hall–Kier alpha value is 5.35. The molecule has 0 aromatic carbocycles. The van der Waals surface area contributed by atoms with Gasteiger partial charge >= 0.3 is 225 Å². The molecule has 0 unspecified atom stereocenters. The van der Waals surface area contributed by atoms with Gasteiger partial charge in [0, 0.05) is 24.2 Å². The predicted molar refractivity (Wildman–Crippen MR) is 301 cm³/mol. The zero-order chi connectivity index (χ0) is 62.1. The van der Waals surface area contributed by atoms with Gasteiger partial charge in [-0.1, -0.05) is 128 Å². The number of halogens is 8. The molecule has 12 atom stereocenters. The molecule has 0 amide bonds. The van der Waals surface area contributed by atoms with Crippen molar-refractivity contribution >= 4 is 138 Å². The van der Waals surface area contributed by atoms with Crippen molar-refractivity contribution in [1.29, 1.82) is 0 Å². The summed E-state index contributed by atoms with van der Waals surface area (Å²) in [6.07, 6.45) is 26.6. The number of hydrogen-bond acceptors (Lipinski definition) is 12. The van der Waals surface area contributed by atoms with E-state index in [1.807, 2.05) is 0 Å². The van der Waals surface area contributed by atoms with E-state index in [4.69, 9.17) is 205 Å². The maximum absolute atomic E-state index is 8.36. The van der Waals surface area contributed by atoms with Crippen LogP contribution in [0, 0.1) is 40.5 Å². The Bertz CT molecular complexity index is 1050. The zero-order valence-corrected chi connectivity index (χ0v) is 67.3. The molecule has 0 radical (unpaired) electrons. The summed E-state index contributed by atoms with van der Waals surface area (Å²) in [5, 5.41) is 54.6. The van der Waals surface area contributed by atoms with Gasteiger partial charge in [0.15, 0.2) is 0 Å². The summed E-state index contributed by atoms with van der Waals surface area (Å²) in [5.41, 5.74) is 80.9. The summed E-state index contributed by atoms with van der Waals surface area (Å²) in [7, 11) is 39.5. The Labute approximate surface area is 591 Å². The van der Waals surface area contributed by atoms with Crippen molar-refractivity contribution in [3.63, 3.8) is 0 Å². The van der Waals surface area contributed by atoms with Crippen LogP contribution < -0.4 is 22.9 Å². The molecule has 0 aromatic rings. The molecule has 6 aliphatic rings. The van der Waals surface area contributed by atoms with Gasteiger partial charge in [-0.05, 0) is 25.7 Å². The molecule has 6 aliphatic carbocycles. The Kier molecular flexibility index (Phi) is 104. The molecule has 6 fully saturated rings. The maximum atomic E-state index is 8.36. The third kappa shape index (κ3) is 108. The van der Waals surface area contributed by atoms with Gasteiger partial charge in [0.25, 0.3) is 20.3 Å². The second-order valence-corrected chi connectivity index (χ2v) is 42.8. The van der Waals surface area contributed by atoms with Crippen LogP contribution in [0.25, 0.3) is 45.9 Å². The van der Waals surface area contributed by atoms with E-state index in [2.05, 4.69) is 0 Å². The summed E-state index contributed by atoms with van der Waals surface area (Å²) in [6.45, 7) is 0. The summed E-state index contributed by atoms with van der Waals surface area (Å²) in [5.74, 6) is 0. The standard InChI is InChI=1S/2C6H14N2.4C6H12N2.8ClH.2K.4HNO3.5Pt/c6*7-5-3-1-2-4-6(5)8;;;;;;;;;;;4*2-1(3)4;;;;;/h2*5-6H,1-4,7-8H2;4*5-8H,1-4H2;8*1H;;;4*(H,2,3,4);;;;;/q;;4*-2;;;;;;;;;;;;;;;2*+2;3*+4/p-8/t5-,6+;5-,6-;2*5-,6+;2*5-,6-;;;;;;;;;;;;;;;;;;;/m.0..00.................../s1. The first kappa shape index (κ1) is 106. The molecule has 43 heteroatoms. The monoisotopic (exact) mass is 2260 g/mol. The van der Waals surface area contributed by atoms with E-state index in [-0.39, 0.29) is 115 Å². The molecule has 6 saturated carbocycles. The van der Waals surface area contributed by atoms with E-state index in [0.29, 0.717) is 0 Å². The van der Waals surface area contributed by atoms with Gasteiger partial charge in [0.1, 0.15) is 0 Å². The molecule has 28 nitrogen and oxygen atoms in total. The molecule has 20 N–H and O–H groups in total. The van der Waals surface area contributed by atoms with Crippen molar-refractivity contribution < 1.29 is 128 Å². The average Bonchev–Trinajstić information content (AvgIpc) is 3.31. The normalized spacial score (nSPS) is 27.0. The third-order valence-electron chi connectivity index (χ3n) is 10.8. The molecule has 484 valence electrons. The van der Waals surface area contributed by atoms with Crippen LogP contribution in [0.1, 0.15) is 154 Å². The summed E-state index contributed by atoms with van der Waals surface area (Å²) in [4.78, 5) is 33.4. The van der Waals surface area contributed by atoms with Crippen molar-refractivity contribution in [2.45, 2.75) is 227 Å². The molecule has 0 saturated heterocycles. The van der Waals surface area contributed by atoms with Crippen LogP contribution in [0.4, 0.5) is 0 Å². The fourth-order valence-electron chi connectivity index (χ4n) is 6.90. The van der Waals surface area contributed by atoms with Crippen molar-refractivity contribution in [2.75, 3.05) is 0 Å². The average molecular weight is 2270 g/mol. The van der Waals surface area contributed by atoms with Crippen molar-refractivity contribution in [3.05, 3.63) is 86.3 Å². The molecular weight excluding hydrogens is 2190 g/mol. The molecule has 0 spiro atoms. The third-order valence-corrected chi connectivity index (χ3v) is 10.8. The number of nitrogens with two attached hydrogens (primary N) is 4. The van der Waals surface area contributed by atoms with Crippen molar-refractivity contribution in [3.8, 4) is 0 Å². The number of nitrogens with one attached hydrogen (secondary N) is 8. The van der Waals surface area contributed by atoms with Crippen molar-refractivity contribution in [2.24, 2.45) is 22.9 Å². The van der Waals surface area contributed by atoms with Crippen molar-refractivity contribution in [1.82, 2.24) is 0 Å². The quantitative estimate of drug-likeness (QED) is 0.0634. The van der Waals surface area contributed by atoms with Gasteiger partial charge in [0.2, 0.25) is 0 Å². The molecule has 0 aliphatic heterocycles. The Balaban J connectivity index is -0.0000000824. The van der Waals surface area contributed by atoms with Gasteiger partial charge in [-0.15, -0.1) is 40.5 Å². The molecule has 0 heterocycles. The number of rotatable bonds is 0. The second kappa shape index (κ2) is 77.6. The van der Waals surface area contributed by atoms with Crippen LogP contribution in [-0.2, 0) is 87.0 Å². The van der Waals surface area contributed by atoms with Crippen LogP contribution in [0.5, 0.6) is 0 Å². The maximum Gasteiger partial charge on any atom is 2.00 e. The second-order valence-electron chi connectivity index (χ2n) is 16.5. The Morgan fingerprint density at radius 3 is 0.468 bits per heavy atom. The predicted octanol–water partition coefficient (Wildman–Crippen LogP) is 13.4. The van der Waals surface area contributed by atoms with Gasteiger partial charge in [-0.25, -0.2) is 0 Å². The summed E-state index contributed by atoms with van der Waals surface area (Å²) >= 11 is -1.50. The van der Waals surface area contributed by atoms with E-state index in [9.17, 15) is 0 Å². The van der Waals surface area contributed by atoms with Gasteiger partial charge < -0.3 is 89.6 Å². The molecular formula is C36H80Cl8K2N16O12Pt5. The minimum atomic E-state index is -3.06. The smallest absolute Gasteiger partial charge is 0.676 e. The van der Waals surface area contributed by atoms with Crippen LogP contribution in [0.2, 0.25) is 0 Å². The fraction of sp³-hybridized carbons (Fsp3) is 1.00. The van der Waals surface area contributed by atoms with E-state index in [1.54, 1.807) is 0 Å². The first-order valence-corrected chi connectivity index (χ1v) is 62.3. The molecule has 79 heavy (non-hydrogen) atoms. The zero-order valence-electron chi connectivity index (χ0n) is 43.7. The minimum absolute atomic E-state index is 0. The molecule has 6 rings (SSSR count). The first-order chi connectivity index (χ1) is 35.6. The van der Waals surface area contributed by atoms with Gasteiger partial charge in [-0.2, -0.15) is 48.3 Å². The Morgan fingerprint density at radius 1 is 0.354 bits per heavy atom. The van der Waals surface area contributed by atoms with Crippen LogP contribution >= 0.6 is 75.3 Å². The topological polar surface area (TPSA) is 548 Å². The van der Waals surface area contributed by atoms with Crippen LogP contribution in [-0.4, -0.2) is 177 Å². The largest absolute Gasteiger partial charge is 2.00 e. The first-order valence-electron chi connectivity index (χ1n) is 23.8. The van der Waals surface area contributed by atoms with Crippen LogP contribution in [0.15, 0.2) is 0 Å². The fourth-order valence-corrected chi connectivity index (χ4v) is 6.90. The summed E-state index contributed by atoms with van der Waals surface area (Å²) in [6, 6.07) is 0.486. The van der Waals surface area contributed by atoms with Gasteiger partial charge in [-0.3, -0.25) is 0 Å². The number of hydrogen-bond donors (Lipinski definition) is 8. The summed E-state index contributed by atoms with van der Waals surface area (Å²) < 4.78 is 0. The molecule has 0 bridgehead atoms.